The van der Waals surface area contributed by atoms with Crippen molar-refractivity contribution in [3.63, 3.8) is 0 Å². The molecule has 0 aliphatic carbocycles. The Labute approximate surface area is 166 Å². The van der Waals surface area contributed by atoms with Crippen molar-refractivity contribution >= 4 is 16.7 Å². The molecule has 1 aromatic heterocycles. The average Bonchev–Trinajstić information content (AvgIpc) is 3.25. The number of carbonyl (C=O) groups is 1. The number of piperazine rings is 1. The number of aromatic amines is 1. The number of hydrogen-bond acceptors (Lipinski definition) is 3. The van der Waals surface area contributed by atoms with Crippen LogP contribution in [-0.2, 0) is 6.54 Å². The molecule has 0 spiro atoms. The van der Waals surface area contributed by atoms with Crippen LogP contribution < -0.4 is 0 Å². The van der Waals surface area contributed by atoms with Crippen molar-refractivity contribution in [2.45, 2.75) is 32.9 Å². The lowest BCUT2D eigenvalue weighted by atomic mass is 9.94. The van der Waals surface area contributed by atoms with E-state index in [4.69, 9.17) is 0 Å². The van der Waals surface area contributed by atoms with Gasteiger partial charge in [-0.3, -0.25) is 9.69 Å². The van der Waals surface area contributed by atoms with Crippen molar-refractivity contribution in [3.05, 3.63) is 66.2 Å². The number of amides is 1. The number of nitrogens with one attached hydrogen (secondary N) is 1. The van der Waals surface area contributed by atoms with Gasteiger partial charge >= 0.3 is 0 Å². The maximum Gasteiger partial charge on any atom is 0.254 e. The molecular weight excluding hydrogens is 348 g/mol. The molecule has 0 bridgehead atoms. The molecule has 146 valence electrons. The summed E-state index contributed by atoms with van der Waals surface area (Å²) in [5, 5.41) is 2.15. The minimum atomic E-state index is 0.145. The van der Waals surface area contributed by atoms with E-state index in [1.165, 1.54) is 0 Å². The summed E-state index contributed by atoms with van der Waals surface area (Å²) in [7, 11) is 0. The minimum Gasteiger partial charge on any atom is -0.347 e. The van der Waals surface area contributed by atoms with Crippen LogP contribution in [0.15, 0.2) is 55.0 Å². The van der Waals surface area contributed by atoms with E-state index in [1.807, 2.05) is 41.4 Å². The zero-order valence-corrected chi connectivity index (χ0v) is 16.6. The average molecular weight is 377 g/mol. The third-order valence-corrected chi connectivity index (χ3v) is 6.07. The first kappa shape index (κ1) is 18.7. The van der Waals surface area contributed by atoms with Gasteiger partial charge in [-0.1, -0.05) is 56.7 Å². The van der Waals surface area contributed by atoms with Crippen molar-refractivity contribution in [2.24, 2.45) is 5.92 Å². The monoisotopic (exact) mass is 376 g/mol. The number of benzene rings is 2. The van der Waals surface area contributed by atoms with Gasteiger partial charge in [-0.15, -0.1) is 0 Å². The van der Waals surface area contributed by atoms with E-state index in [0.29, 0.717) is 12.0 Å². The number of carbonyl (C=O) groups excluding carboxylic acids is 1. The van der Waals surface area contributed by atoms with Crippen molar-refractivity contribution in [2.75, 3.05) is 19.6 Å². The van der Waals surface area contributed by atoms with E-state index >= 15 is 0 Å². The first-order valence-electron chi connectivity index (χ1n) is 10.2. The lowest BCUT2D eigenvalue weighted by Gasteiger charge is -2.44. The van der Waals surface area contributed by atoms with Crippen LogP contribution in [-0.4, -0.2) is 51.4 Å². The van der Waals surface area contributed by atoms with E-state index in [0.717, 1.165) is 54.6 Å². The topological polar surface area (TPSA) is 52.2 Å². The Hall–Kier alpha value is -2.66. The molecule has 2 aromatic carbocycles. The lowest BCUT2D eigenvalue weighted by molar-refractivity contribution is 0.0310. The van der Waals surface area contributed by atoms with Gasteiger partial charge in [0.1, 0.15) is 0 Å². The Morgan fingerprint density at radius 2 is 2.04 bits per heavy atom. The van der Waals surface area contributed by atoms with Gasteiger partial charge in [0.15, 0.2) is 0 Å². The molecular formula is C23H28N4O. The molecule has 0 radical (unpaired) electrons. The second kappa shape index (κ2) is 8.15. The van der Waals surface area contributed by atoms with Crippen molar-refractivity contribution in [3.8, 4) is 0 Å². The van der Waals surface area contributed by atoms with Crippen LogP contribution in [0.3, 0.4) is 0 Å². The molecule has 1 N–H and O–H groups in total. The number of hydrogen-bond donors (Lipinski definition) is 1. The lowest BCUT2D eigenvalue weighted by Crippen LogP contribution is -2.56. The maximum absolute atomic E-state index is 13.4. The molecule has 1 saturated heterocycles. The third kappa shape index (κ3) is 3.67. The first-order valence-corrected chi connectivity index (χ1v) is 10.2. The molecule has 2 atom stereocenters. The van der Waals surface area contributed by atoms with Crippen LogP contribution in [0, 0.1) is 5.92 Å². The summed E-state index contributed by atoms with van der Waals surface area (Å²) in [5.74, 6) is 0.664. The van der Waals surface area contributed by atoms with Gasteiger partial charge in [-0.2, -0.15) is 0 Å². The third-order valence-electron chi connectivity index (χ3n) is 6.07. The second-order valence-electron chi connectivity index (χ2n) is 7.78. The summed E-state index contributed by atoms with van der Waals surface area (Å²) in [6, 6.07) is 14.5. The smallest absolute Gasteiger partial charge is 0.254 e. The molecule has 5 heteroatoms. The van der Waals surface area contributed by atoms with Crippen LogP contribution in [0.5, 0.6) is 0 Å². The second-order valence-corrected chi connectivity index (χ2v) is 7.78. The molecule has 1 aliphatic rings. The highest BCUT2D eigenvalue weighted by molar-refractivity contribution is 6.07. The quantitative estimate of drug-likeness (QED) is 0.734. The zero-order valence-electron chi connectivity index (χ0n) is 16.6. The predicted octanol–water partition coefficient (Wildman–Crippen LogP) is 3.94. The number of aromatic nitrogens is 2. The van der Waals surface area contributed by atoms with Crippen molar-refractivity contribution in [1.82, 2.24) is 19.8 Å². The molecule has 5 nitrogen and oxygen atoms in total. The SMILES string of the molecule is CCC(C)[C@H]1CN(C(=O)c2cccc3ccccc23)CCN1Cc1cnc[nH]1. The Bertz CT molecular complexity index is 931. The number of nitrogens with zero attached hydrogens (tertiary/aromatic N) is 3. The summed E-state index contributed by atoms with van der Waals surface area (Å²) >= 11 is 0. The predicted molar refractivity (Wildman–Crippen MR) is 112 cm³/mol. The van der Waals surface area contributed by atoms with Crippen molar-refractivity contribution < 1.29 is 4.79 Å². The van der Waals surface area contributed by atoms with Crippen molar-refractivity contribution in [1.29, 1.82) is 0 Å². The van der Waals surface area contributed by atoms with E-state index < -0.39 is 0 Å². The molecule has 1 unspecified atom stereocenters. The van der Waals surface area contributed by atoms with Gasteiger partial charge in [0, 0.05) is 49.7 Å². The summed E-state index contributed by atoms with van der Waals surface area (Å²) in [6.07, 6.45) is 4.72. The fraction of sp³-hybridized carbons (Fsp3) is 0.391. The summed E-state index contributed by atoms with van der Waals surface area (Å²) < 4.78 is 0. The van der Waals surface area contributed by atoms with Gasteiger partial charge in [0.25, 0.3) is 5.91 Å². The molecule has 1 aliphatic heterocycles. The Morgan fingerprint density at radius 1 is 1.21 bits per heavy atom. The molecule has 1 fully saturated rings. The van der Waals surface area contributed by atoms with Gasteiger partial charge < -0.3 is 9.88 Å². The summed E-state index contributed by atoms with van der Waals surface area (Å²) in [5.41, 5.74) is 1.94. The summed E-state index contributed by atoms with van der Waals surface area (Å²) in [4.78, 5) is 25.3. The minimum absolute atomic E-state index is 0.145. The fourth-order valence-electron chi connectivity index (χ4n) is 4.21. The van der Waals surface area contributed by atoms with Crippen LogP contribution in [0.1, 0.15) is 36.3 Å². The number of imidazole rings is 1. The van der Waals surface area contributed by atoms with E-state index in [9.17, 15) is 4.79 Å². The number of H-pyrrole nitrogens is 1. The highest BCUT2D eigenvalue weighted by Gasteiger charge is 2.33. The van der Waals surface area contributed by atoms with E-state index in [-0.39, 0.29) is 5.91 Å². The Balaban J connectivity index is 1.56. The van der Waals surface area contributed by atoms with E-state index in [2.05, 4.69) is 40.8 Å². The number of fused-ring (bicyclic) bond motifs is 1. The molecule has 28 heavy (non-hydrogen) atoms. The van der Waals surface area contributed by atoms with Gasteiger partial charge in [-0.05, 0) is 22.8 Å². The molecule has 2 heterocycles. The standard InChI is InChI=1S/C23H28N4O/c1-3-17(2)22-15-27(12-11-26(22)14-19-13-24-16-25-19)23(28)21-10-6-8-18-7-4-5-9-20(18)21/h4-10,13,16-17,22H,3,11-12,14-15H2,1-2H3,(H,24,25)/t17?,22-/m1/s1. The van der Waals surface area contributed by atoms with Crippen LogP contribution in [0.2, 0.25) is 0 Å². The molecule has 0 saturated carbocycles. The molecule has 3 aromatic rings. The highest BCUT2D eigenvalue weighted by atomic mass is 16.2. The van der Waals surface area contributed by atoms with E-state index in [1.54, 1.807) is 6.33 Å². The first-order chi connectivity index (χ1) is 13.7. The fourth-order valence-corrected chi connectivity index (χ4v) is 4.21. The Morgan fingerprint density at radius 3 is 2.82 bits per heavy atom. The van der Waals surface area contributed by atoms with Gasteiger partial charge in [-0.25, -0.2) is 4.98 Å². The maximum atomic E-state index is 13.4. The van der Waals surface area contributed by atoms with Crippen LogP contribution >= 0.6 is 0 Å². The number of rotatable bonds is 5. The zero-order chi connectivity index (χ0) is 19.5. The van der Waals surface area contributed by atoms with Crippen LogP contribution in [0.25, 0.3) is 10.8 Å². The Kier molecular flexibility index (Phi) is 5.44. The normalized spacial score (nSPS) is 19.1. The molecule has 4 rings (SSSR count). The van der Waals surface area contributed by atoms with Crippen LogP contribution in [0.4, 0.5) is 0 Å². The van der Waals surface area contributed by atoms with Gasteiger partial charge in [0.2, 0.25) is 0 Å². The highest BCUT2D eigenvalue weighted by Crippen LogP contribution is 2.25. The summed E-state index contributed by atoms with van der Waals surface area (Å²) in [6.45, 7) is 7.77. The largest absolute Gasteiger partial charge is 0.347 e. The molecule has 1 amide bonds. The van der Waals surface area contributed by atoms with Gasteiger partial charge in [0.05, 0.1) is 6.33 Å².